The number of fused-ring (bicyclic) bond motifs is 4. The number of rotatable bonds is 1. The van der Waals surface area contributed by atoms with Crippen LogP contribution in [-0.2, 0) is 7.05 Å². The number of pyridine rings is 1. The van der Waals surface area contributed by atoms with Crippen molar-refractivity contribution in [2.24, 2.45) is 7.05 Å². The highest BCUT2D eigenvalue weighted by molar-refractivity contribution is 7.21. The largest absolute Gasteiger partial charge is 1.00 e. The zero-order valence-electron chi connectivity index (χ0n) is 14.5. The van der Waals surface area contributed by atoms with Crippen LogP contribution in [0.3, 0.4) is 0 Å². The van der Waals surface area contributed by atoms with Crippen molar-refractivity contribution in [1.29, 1.82) is 0 Å². The number of nitrogens with zero attached hydrogens (tertiary/aromatic N) is 2. The molecular formula is C22H17ClN2S. The van der Waals surface area contributed by atoms with Gasteiger partial charge in [-0.15, -0.1) is 11.3 Å². The van der Waals surface area contributed by atoms with Crippen LogP contribution in [0, 0.1) is 6.92 Å². The van der Waals surface area contributed by atoms with E-state index in [0.717, 1.165) is 10.5 Å². The van der Waals surface area contributed by atoms with E-state index in [1.54, 1.807) is 11.3 Å². The summed E-state index contributed by atoms with van der Waals surface area (Å²) >= 11 is 1.75. The third-order valence-corrected chi connectivity index (χ3v) is 5.91. The van der Waals surface area contributed by atoms with Gasteiger partial charge in [-0.3, -0.25) is 0 Å². The van der Waals surface area contributed by atoms with E-state index in [9.17, 15) is 0 Å². The molecule has 2 nitrogen and oxygen atoms in total. The first-order chi connectivity index (χ1) is 12.2. The number of aromatic nitrogens is 2. The van der Waals surface area contributed by atoms with Crippen LogP contribution in [0.5, 0.6) is 0 Å². The molecule has 2 aromatic heterocycles. The molecule has 26 heavy (non-hydrogen) atoms. The fourth-order valence-electron chi connectivity index (χ4n) is 3.62. The summed E-state index contributed by atoms with van der Waals surface area (Å²) in [5, 5.41) is 4.97. The Morgan fingerprint density at radius 1 is 0.962 bits per heavy atom. The van der Waals surface area contributed by atoms with Crippen LogP contribution in [0.15, 0.2) is 66.9 Å². The minimum Gasteiger partial charge on any atom is -1.00 e. The Hall–Kier alpha value is -2.49. The Morgan fingerprint density at radius 3 is 2.65 bits per heavy atom. The fraction of sp³-hybridized carbons (Fsp3) is 0.0909. The topological polar surface area (TPSA) is 16.8 Å². The lowest BCUT2D eigenvalue weighted by Crippen LogP contribution is -3.00. The van der Waals surface area contributed by atoms with E-state index in [4.69, 9.17) is 4.98 Å². The molecule has 0 amide bonds. The molecule has 5 aromatic rings. The molecule has 0 N–H and O–H groups in total. The average Bonchev–Trinajstić information content (AvgIpc) is 3.05. The van der Waals surface area contributed by atoms with Crippen molar-refractivity contribution in [3.05, 3.63) is 72.4 Å². The molecule has 0 aliphatic rings. The smallest absolute Gasteiger partial charge is 0.212 e. The third kappa shape index (κ3) is 2.56. The summed E-state index contributed by atoms with van der Waals surface area (Å²) in [6, 6.07) is 21.5. The predicted octanol–water partition coefficient (Wildman–Crippen LogP) is 2.41. The van der Waals surface area contributed by atoms with Crippen molar-refractivity contribution < 1.29 is 17.0 Å². The highest BCUT2D eigenvalue weighted by Crippen LogP contribution is 2.33. The van der Waals surface area contributed by atoms with Crippen LogP contribution < -0.4 is 17.0 Å². The molecule has 128 valence electrons. The van der Waals surface area contributed by atoms with Crippen LogP contribution in [0.1, 0.15) is 5.56 Å². The molecule has 0 radical (unpaired) electrons. The summed E-state index contributed by atoms with van der Waals surface area (Å²) < 4.78 is 3.44. The summed E-state index contributed by atoms with van der Waals surface area (Å²) in [4.78, 5) is 4.83. The Morgan fingerprint density at radius 2 is 1.81 bits per heavy atom. The second-order valence-corrected chi connectivity index (χ2v) is 7.53. The van der Waals surface area contributed by atoms with Gasteiger partial charge in [0.15, 0.2) is 6.20 Å². The molecule has 0 spiro atoms. The third-order valence-electron chi connectivity index (χ3n) is 4.82. The highest BCUT2D eigenvalue weighted by atomic mass is 35.5. The molecule has 0 aliphatic heterocycles. The first-order valence-electron chi connectivity index (χ1n) is 8.38. The Balaban J connectivity index is 0.00000168. The van der Waals surface area contributed by atoms with Gasteiger partial charge in [-0.1, -0.05) is 24.3 Å². The standard InChI is InChI=1S/C22H17N2S.ClH/c1-14-6-5-7-16-13-24(2)19-11-10-15(12-17(19)21(14)16)22-23-18-8-3-4-9-20(18)25-22;/h3-13H,1-2H3;1H/q+1;/p-1. The number of aryl methyl sites for hydroxylation is 2. The maximum atomic E-state index is 4.83. The molecule has 4 heteroatoms. The zero-order chi connectivity index (χ0) is 17.0. The maximum Gasteiger partial charge on any atom is 0.212 e. The first kappa shape index (κ1) is 17.0. The fourth-order valence-corrected chi connectivity index (χ4v) is 4.58. The second kappa shape index (κ2) is 6.35. The van der Waals surface area contributed by atoms with Gasteiger partial charge in [0, 0.05) is 22.4 Å². The number of para-hydroxylation sites is 1. The van der Waals surface area contributed by atoms with Gasteiger partial charge in [0.25, 0.3) is 0 Å². The molecule has 5 rings (SSSR count). The molecule has 0 aliphatic carbocycles. The van der Waals surface area contributed by atoms with Crippen molar-refractivity contribution in [3.8, 4) is 10.6 Å². The van der Waals surface area contributed by atoms with Crippen LogP contribution in [0.4, 0.5) is 0 Å². The summed E-state index contributed by atoms with van der Waals surface area (Å²) in [6.07, 6.45) is 2.21. The SMILES string of the molecule is Cc1cccc2c[n+](C)c3ccc(-c4nc5ccccc5s4)cc3c12.[Cl-]. The van der Waals surface area contributed by atoms with Gasteiger partial charge in [0.1, 0.15) is 12.1 Å². The van der Waals surface area contributed by atoms with Gasteiger partial charge in [-0.2, -0.15) is 0 Å². The van der Waals surface area contributed by atoms with E-state index in [-0.39, 0.29) is 12.4 Å². The zero-order valence-corrected chi connectivity index (χ0v) is 16.1. The lowest BCUT2D eigenvalue weighted by atomic mass is 10.0. The highest BCUT2D eigenvalue weighted by Gasteiger charge is 2.14. The lowest BCUT2D eigenvalue weighted by Gasteiger charge is -2.07. The molecule has 3 aromatic carbocycles. The molecule has 2 heterocycles. The Bertz CT molecular complexity index is 1240. The van der Waals surface area contributed by atoms with Crippen LogP contribution >= 0.6 is 11.3 Å². The first-order valence-corrected chi connectivity index (χ1v) is 9.20. The van der Waals surface area contributed by atoms with Crippen molar-refractivity contribution in [2.75, 3.05) is 0 Å². The van der Waals surface area contributed by atoms with Gasteiger partial charge in [-0.25, -0.2) is 9.55 Å². The summed E-state index contributed by atoms with van der Waals surface area (Å²) in [5.74, 6) is 0. The molecule has 0 saturated carbocycles. The molecular weight excluding hydrogens is 360 g/mol. The Labute approximate surface area is 162 Å². The van der Waals surface area contributed by atoms with Crippen LogP contribution in [-0.4, -0.2) is 4.98 Å². The number of hydrogen-bond donors (Lipinski definition) is 0. The van der Waals surface area contributed by atoms with Crippen molar-refractivity contribution in [3.63, 3.8) is 0 Å². The van der Waals surface area contributed by atoms with E-state index < -0.39 is 0 Å². The van der Waals surface area contributed by atoms with E-state index >= 15 is 0 Å². The average molecular weight is 377 g/mol. The van der Waals surface area contributed by atoms with E-state index in [2.05, 4.69) is 79.3 Å². The van der Waals surface area contributed by atoms with Crippen LogP contribution in [0.25, 0.3) is 42.5 Å². The van der Waals surface area contributed by atoms with E-state index in [1.165, 1.54) is 37.5 Å². The van der Waals surface area contributed by atoms with E-state index in [1.807, 2.05) is 6.07 Å². The Kier molecular flexibility index (Phi) is 4.14. The number of hydrogen-bond acceptors (Lipinski definition) is 2. The molecule has 0 bridgehead atoms. The predicted molar refractivity (Wildman–Crippen MR) is 106 cm³/mol. The molecule has 0 atom stereocenters. The van der Waals surface area contributed by atoms with E-state index in [0.29, 0.717) is 0 Å². The van der Waals surface area contributed by atoms with Gasteiger partial charge in [0.05, 0.1) is 15.6 Å². The minimum atomic E-state index is 0. The van der Waals surface area contributed by atoms with Crippen molar-refractivity contribution in [1.82, 2.24) is 4.98 Å². The summed E-state index contributed by atoms with van der Waals surface area (Å²) in [5.41, 5.74) is 4.81. The van der Waals surface area contributed by atoms with Crippen molar-refractivity contribution in [2.45, 2.75) is 6.92 Å². The maximum absolute atomic E-state index is 4.83. The van der Waals surface area contributed by atoms with Gasteiger partial charge in [0.2, 0.25) is 5.52 Å². The normalized spacial score (nSPS) is 11.2. The van der Waals surface area contributed by atoms with Gasteiger partial charge < -0.3 is 12.4 Å². The number of thiazole rings is 1. The number of benzene rings is 3. The lowest BCUT2D eigenvalue weighted by molar-refractivity contribution is -0.643. The quantitative estimate of drug-likeness (QED) is 0.324. The van der Waals surface area contributed by atoms with Crippen molar-refractivity contribution >= 4 is 43.2 Å². The second-order valence-electron chi connectivity index (χ2n) is 6.50. The number of halogens is 1. The van der Waals surface area contributed by atoms with Gasteiger partial charge in [-0.05, 0) is 42.8 Å². The van der Waals surface area contributed by atoms with Crippen LogP contribution in [0.2, 0.25) is 0 Å². The molecule has 0 unspecified atom stereocenters. The van der Waals surface area contributed by atoms with Gasteiger partial charge >= 0.3 is 0 Å². The summed E-state index contributed by atoms with van der Waals surface area (Å²) in [6.45, 7) is 2.19. The molecule has 0 saturated heterocycles. The summed E-state index contributed by atoms with van der Waals surface area (Å²) in [7, 11) is 2.11. The molecule has 0 fully saturated rings. The minimum absolute atomic E-state index is 0. The monoisotopic (exact) mass is 376 g/mol.